The molecule has 0 aliphatic rings. The number of hydrogen-bond acceptors (Lipinski definition) is 5. The van der Waals surface area contributed by atoms with Crippen LogP contribution in [0, 0.1) is 0 Å². The summed E-state index contributed by atoms with van der Waals surface area (Å²) >= 11 is 0. The summed E-state index contributed by atoms with van der Waals surface area (Å²) in [5.41, 5.74) is 0.757. The molecule has 3 aromatic heterocycles. The van der Waals surface area contributed by atoms with Gasteiger partial charge in [0.1, 0.15) is 5.76 Å². The van der Waals surface area contributed by atoms with Crippen molar-refractivity contribution in [2.45, 2.75) is 13.1 Å². The summed E-state index contributed by atoms with van der Waals surface area (Å²) in [5, 5.41) is 2.77. The van der Waals surface area contributed by atoms with Gasteiger partial charge in [-0.2, -0.15) is 0 Å². The van der Waals surface area contributed by atoms with Crippen LogP contribution in [0.3, 0.4) is 0 Å². The van der Waals surface area contributed by atoms with E-state index in [1.165, 1.54) is 4.57 Å². The van der Waals surface area contributed by atoms with Gasteiger partial charge in [0.05, 0.1) is 24.9 Å². The van der Waals surface area contributed by atoms with E-state index in [1.807, 2.05) is 0 Å². The van der Waals surface area contributed by atoms with Gasteiger partial charge in [-0.1, -0.05) is 12.1 Å². The topological polar surface area (TPSA) is 110 Å². The maximum absolute atomic E-state index is 12.3. The molecule has 0 saturated carbocycles. The molecular weight excluding hydrogens is 360 g/mol. The van der Waals surface area contributed by atoms with Crippen molar-refractivity contribution in [1.82, 2.24) is 19.9 Å². The lowest BCUT2D eigenvalue weighted by atomic mass is 10.1. The Balaban J connectivity index is 1.55. The Morgan fingerprint density at radius 2 is 1.93 bits per heavy atom. The fourth-order valence-electron chi connectivity index (χ4n) is 2.88. The molecule has 1 aromatic carbocycles. The predicted molar refractivity (Wildman–Crippen MR) is 102 cm³/mol. The number of nitrogens with one attached hydrogen (secondary N) is 2. The number of carbonyl (C=O) groups is 1. The number of rotatable bonds is 5. The molecule has 4 aromatic rings. The third kappa shape index (κ3) is 3.48. The number of pyridine rings is 1. The van der Waals surface area contributed by atoms with Gasteiger partial charge in [-0.3, -0.25) is 19.0 Å². The van der Waals surface area contributed by atoms with Gasteiger partial charge < -0.3 is 14.7 Å². The van der Waals surface area contributed by atoms with Gasteiger partial charge in [0, 0.05) is 11.8 Å². The quantitative estimate of drug-likeness (QED) is 0.515. The van der Waals surface area contributed by atoms with Gasteiger partial charge in [-0.15, -0.1) is 0 Å². The minimum absolute atomic E-state index is 0.171. The largest absolute Gasteiger partial charge is 0.467 e. The van der Waals surface area contributed by atoms with E-state index in [0.717, 1.165) is 5.56 Å². The summed E-state index contributed by atoms with van der Waals surface area (Å²) < 4.78 is 6.50. The summed E-state index contributed by atoms with van der Waals surface area (Å²) in [6.07, 6.45) is 3.11. The first-order valence-corrected chi connectivity index (χ1v) is 8.59. The number of nitrogens with zero attached hydrogens (tertiary/aromatic N) is 2. The van der Waals surface area contributed by atoms with Gasteiger partial charge in [-0.05, 0) is 42.0 Å². The molecule has 3 heterocycles. The SMILES string of the molecule is O=C(NCc1ccco1)c1ccc(Cn2c(=O)c(=O)[nH]c3cccnc32)cc1. The molecule has 0 unspecified atom stereocenters. The Hall–Kier alpha value is -3.94. The molecule has 4 rings (SSSR count). The molecule has 0 bridgehead atoms. The molecule has 0 saturated heterocycles. The van der Waals surface area contributed by atoms with E-state index in [2.05, 4.69) is 15.3 Å². The fraction of sp³-hybridized carbons (Fsp3) is 0.100. The lowest BCUT2D eigenvalue weighted by Crippen LogP contribution is -2.36. The molecule has 0 spiro atoms. The molecule has 8 heteroatoms. The van der Waals surface area contributed by atoms with Crippen LogP contribution in [-0.2, 0) is 13.1 Å². The lowest BCUT2D eigenvalue weighted by Gasteiger charge is -2.09. The van der Waals surface area contributed by atoms with Crippen molar-refractivity contribution < 1.29 is 9.21 Å². The minimum atomic E-state index is -0.700. The number of aromatic nitrogens is 3. The van der Waals surface area contributed by atoms with E-state index in [4.69, 9.17) is 4.42 Å². The summed E-state index contributed by atoms with van der Waals surface area (Å²) in [5.74, 6) is 0.432. The van der Waals surface area contributed by atoms with Crippen LogP contribution in [-0.4, -0.2) is 20.4 Å². The highest BCUT2D eigenvalue weighted by molar-refractivity contribution is 5.94. The molecule has 0 fully saturated rings. The number of amides is 1. The first-order chi connectivity index (χ1) is 13.6. The minimum Gasteiger partial charge on any atom is -0.467 e. The normalized spacial score (nSPS) is 10.9. The molecular formula is C20H16N4O4. The van der Waals surface area contributed by atoms with E-state index in [0.29, 0.717) is 29.0 Å². The second kappa shape index (κ2) is 7.36. The van der Waals surface area contributed by atoms with E-state index in [1.54, 1.807) is 61.0 Å². The highest BCUT2D eigenvalue weighted by Crippen LogP contribution is 2.10. The highest BCUT2D eigenvalue weighted by Gasteiger charge is 2.10. The summed E-state index contributed by atoms with van der Waals surface area (Å²) in [4.78, 5) is 43.1. The smallest absolute Gasteiger partial charge is 0.318 e. The molecule has 0 atom stereocenters. The maximum Gasteiger partial charge on any atom is 0.318 e. The van der Waals surface area contributed by atoms with Crippen molar-refractivity contribution >= 4 is 17.1 Å². The monoisotopic (exact) mass is 376 g/mol. The first-order valence-electron chi connectivity index (χ1n) is 8.59. The molecule has 0 aliphatic carbocycles. The lowest BCUT2D eigenvalue weighted by molar-refractivity contribution is 0.0948. The summed E-state index contributed by atoms with van der Waals surface area (Å²) in [6.45, 7) is 0.470. The van der Waals surface area contributed by atoms with Gasteiger partial charge in [0.2, 0.25) is 0 Å². The average molecular weight is 376 g/mol. The zero-order chi connectivity index (χ0) is 19.5. The van der Waals surface area contributed by atoms with Crippen LogP contribution in [0.15, 0.2) is 75.0 Å². The number of aromatic amines is 1. The number of carbonyl (C=O) groups excluding carboxylic acids is 1. The summed E-state index contributed by atoms with van der Waals surface area (Å²) in [6, 6.07) is 13.7. The third-order valence-corrected chi connectivity index (χ3v) is 4.29. The standard InChI is InChI=1S/C20H16N4O4/c25-18(22-11-15-3-2-10-28-15)14-7-5-13(6-8-14)12-24-17-16(4-1-9-21-17)23-19(26)20(24)27/h1-10H,11-12H2,(H,22,25)(H,23,26). The molecule has 28 heavy (non-hydrogen) atoms. The zero-order valence-electron chi connectivity index (χ0n) is 14.7. The Bertz CT molecular complexity index is 1240. The van der Waals surface area contributed by atoms with Crippen molar-refractivity contribution in [1.29, 1.82) is 0 Å². The van der Waals surface area contributed by atoms with Crippen LogP contribution >= 0.6 is 0 Å². The Labute approximate surface area is 158 Å². The highest BCUT2D eigenvalue weighted by atomic mass is 16.3. The number of H-pyrrole nitrogens is 1. The van der Waals surface area contributed by atoms with E-state index in [-0.39, 0.29) is 12.5 Å². The number of furan rings is 1. The fourth-order valence-corrected chi connectivity index (χ4v) is 2.88. The predicted octanol–water partition coefficient (Wildman–Crippen LogP) is 1.66. The van der Waals surface area contributed by atoms with Gasteiger partial charge in [-0.25, -0.2) is 4.98 Å². The van der Waals surface area contributed by atoms with Gasteiger partial charge in [0.25, 0.3) is 5.91 Å². The van der Waals surface area contributed by atoms with Crippen LogP contribution in [0.25, 0.3) is 11.2 Å². The van der Waals surface area contributed by atoms with Crippen LogP contribution in [0.2, 0.25) is 0 Å². The Morgan fingerprint density at radius 1 is 1.11 bits per heavy atom. The molecule has 8 nitrogen and oxygen atoms in total. The van der Waals surface area contributed by atoms with Crippen molar-refractivity contribution in [3.05, 3.63) is 98.6 Å². The van der Waals surface area contributed by atoms with Crippen molar-refractivity contribution in [3.63, 3.8) is 0 Å². The van der Waals surface area contributed by atoms with Gasteiger partial charge in [0.15, 0.2) is 5.65 Å². The molecule has 2 N–H and O–H groups in total. The van der Waals surface area contributed by atoms with Crippen molar-refractivity contribution in [2.24, 2.45) is 0 Å². The second-order valence-corrected chi connectivity index (χ2v) is 6.18. The maximum atomic E-state index is 12.3. The van der Waals surface area contributed by atoms with E-state index >= 15 is 0 Å². The Kier molecular flexibility index (Phi) is 4.59. The number of fused-ring (bicyclic) bond motifs is 1. The number of hydrogen-bond donors (Lipinski definition) is 2. The molecule has 140 valence electrons. The van der Waals surface area contributed by atoms with Crippen LogP contribution in [0.5, 0.6) is 0 Å². The first kappa shape index (κ1) is 17.5. The molecule has 0 radical (unpaired) electrons. The molecule has 0 aliphatic heterocycles. The van der Waals surface area contributed by atoms with Crippen LogP contribution < -0.4 is 16.4 Å². The average Bonchev–Trinajstić information content (AvgIpc) is 3.24. The molecule has 1 amide bonds. The Morgan fingerprint density at radius 3 is 2.68 bits per heavy atom. The van der Waals surface area contributed by atoms with Crippen molar-refractivity contribution in [2.75, 3.05) is 0 Å². The van der Waals surface area contributed by atoms with Gasteiger partial charge >= 0.3 is 11.1 Å². The van der Waals surface area contributed by atoms with E-state index in [9.17, 15) is 14.4 Å². The zero-order valence-corrected chi connectivity index (χ0v) is 14.7. The summed E-state index contributed by atoms with van der Waals surface area (Å²) in [7, 11) is 0. The third-order valence-electron chi connectivity index (χ3n) is 4.29. The van der Waals surface area contributed by atoms with Crippen molar-refractivity contribution in [3.8, 4) is 0 Å². The van der Waals surface area contributed by atoms with E-state index < -0.39 is 11.1 Å². The van der Waals surface area contributed by atoms with Crippen LogP contribution in [0.1, 0.15) is 21.7 Å². The van der Waals surface area contributed by atoms with Crippen LogP contribution in [0.4, 0.5) is 0 Å². The number of benzene rings is 1. The second-order valence-electron chi connectivity index (χ2n) is 6.18.